The van der Waals surface area contributed by atoms with Crippen LogP contribution in [0.1, 0.15) is 19.8 Å². The SMILES string of the molecule is CCCC[n+]1ccn(C)c1.O=S(=O)([O-])C(F)(F)F.[MgH2]. The normalized spacial score (nSPS) is 11.3. The molecule has 0 bridgehead atoms. The maximum Gasteiger partial charge on any atom is 0.485 e. The molecule has 0 aliphatic heterocycles. The van der Waals surface area contributed by atoms with Gasteiger partial charge in [0.2, 0.25) is 6.33 Å². The lowest BCUT2D eigenvalue weighted by Crippen LogP contribution is -2.30. The molecule has 0 unspecified atom stereocenters. The maximum atomic E-state index is 10.7. The van der Waals surface area contributed by atoms with E-state index in [9.17, 15) is 13.2 Å². The number of aromatic nitrogens is 2. The van der Waals surface area contributed by atoms with Crippen molar-refractivity contribution < 1.29 is 30.7 Å². The van der Waals surface area contributed by atoms with Crippen molar-refractivity contribution in [2.24, 2.45) is 7.05 Å². The van der Waals surface area contributed by atoms with Crippen molar-refractivity contribution in [2.45, 2.75) is 31.8 Å². The second kappa shape index (κ2) is 8.77. The summed E-state index contributed by atoms with van der Waals surface area (Å²) in [6, 6.07) is 0. The van der Waals surface area contributed by atoms with Gasteiger partial charge in [-0.15, -0.1) is 0 Å². The fourth-order valence-corrected chi connectivity index (χ4v) is 0.975. The summed E-state index contributed by atoms with van der Waals surface area (Å²) in [4.78, 5) is 0. The van der Waals surface area contributed by atoms with E-state index in [1.54, 1.807) is 0 Å². The lowest BCUT2D eigenvalue weighted by molar-refractivity contribution is -0.696. The Morgan fingerprint density at radius 2 is 1.84 bits per heavy atom. The number of rotatable bonds is 3. The summed E-state index contributed by atoms with van der Waals surface area (Å²) in [5.74, 6) is 0. The van der Waals surface area contributed by atoms with Crippen LogP contribution in [-0.4, -0.2) is 46.1 Å². The van der Waals surface area contributed by atoms with Crippen molar-refractivity contribution in [1.29, 1.82) is 0 Å². The van der Waals surface area contributed by atoms with Gasteiger partial charge in [-0.25, -0.2) is 17.6 Å². The number of alkyl halides is 3. The van der Waals surface area contributed by atoms with Crippen LogP contribution in [-0.2, 0) is 23.7 Å². The van der Waals surface area contributed by atoms with Gasteiger partial charge >= 0.3 is 28.6 Å². The molecule has 1 aromatic heterocycles. The summed E-state index contributed by atoms with van der Waals surface area (Å²) < 4.78 is 63.2. The lowest BCUT2D eigenvalue weighted by atomic mass is 10.3. The number of aryl methyl sites for hydroxylation is 2. The summed E-state index contributed by atoms with van der Waals surface area (Å²) in [5.41, 5.74) is -5.65. The summed E-state index contributed by atoms with van der Waals surface area (Å²) in [6.45, 7) is 3.36. The minimum absolute atomic E-state index is 0. The second-order valence-corrected chi connectivity index (χ2v) is 4.94. The van der Waals surface area contributed by atoms with Gasteiger partial charge in [-0.3, -0.25) is 0 Å². The molecule has 0 N–H and O–H groups in total. The molecule has 1 heterocycles. The Morgan fingerprint density at radius 3 is 2.11 bits per heavy atom. The van der Waals surface area contributed by atoms with Gasteiger partial charge in [0.15, 0.2) is 10.1 Å². The van der Waals surface area contributed by atoms with Gasteiger partial charge in [-0.2, -0.15) is 13.2 Å². The first kappa shape index (κ1) is 21.0. The Morgan fingerprint density at radius 1 is 1.37 bits per heavy atom. The van der Waals surface area contributed by atoms with Gasteiger partial charge in [0.25, 0.3) is 0 Å². The first-order valence-electron chi connectivity index (χ1n) is 5.11. The first-order valence-corrected chi connectivity index (χ1v) is 6.52. The summed E-state index contributed by atoms with van der Waals surface area (Å²) in [6.07, 6.45) is 8.82. The molecule has 0 saturated heterocycles. The lowest BCUT2D eigenvalue weighted by Gasteiger charge is -2.08. The largest absolute Gasteiger partial charge is 0.741 e. The molecular weight excluding hydrogens is 297 g/mol. The van der Waals surface area contributed by atoms with E-state index >= 15 is 0 Å². The highest BCUT2D eigenvalue weighted by Crippen LogP contribution is 2.20. The van der Waals surface area contributed by atoms with Crippen LogP contribution in [0.15, 0.2) is 18.7 Å². The van der Waals surface area contributed by atoms with E-state index < -0.39 is 15.6 Å². The molecule has 0 aliphatic rings. The van der Waals surface area contributed by atoms with Gasteiger partial charge in [-0.05, 0) is 6.42 Å². The average molecular weight is 315 g/mol. The summed E-state index contributed by atoms with van der Waals surface area (Å²) in [7, 11) is -4.05. The third-order valence-corrected chi connectivity index (χ3v) is 2.44. The molecular formula is C9H17F3MgN2O3S. The quantitative estimate of drug-likeness (QED) is 0.348. The van der Waals surface area contributed by atoms with Crippen molar-refractivity contribution in [2.75, 3.05) is 0 Å². The molecule has 0 atom stereocenters. The van der Waals surface area contributed by atoms with Crippen LogP contribution in [0, 0.1) is 0 Å². The Hall–Kier alpha value is -0.324. The molecule has 0 aliphatic carbocycles. The number of hydrogen-bond acceptors (Lipinski definition) is 3. The summed E-state index contributed by atoms with van der Waals surface area (Å²) >= 11 is 0. The van der Waals surface area contributed by atoms with Gasteiger partial charge in [0.05, 0.1) is 13.6 Å². The van der Waals surface area contributed by atoms with E-state index in [0.29, 0.717) is 0 Å². The van der Waals surface area contributed by atoms with E-state index in [4.69, 9.17) is 13.0 Å². The maximum absolute atomic E-state index is 10.7. The van der Waals surface area contributed by atoms with Crippen molar-refractivity contribution in [1.82, 2.24) is 4.57 Å². The van der Waals surface area contributed by atoms with Crippen LogP contribution in [0.4, 0.5) is 13.2 Å². The molecule has 19 heavy (non-hydrogen) atoms. The molecule has 5 nitrogen and oxygen atoms in total. The zero-order valence-electron chi connectivity index (χ0n) is 10.0. The minimum atomic E-state index is -6.09. The van der Waals surface area contributed by atoms with Gasteiger partial charge < -0.3 is 4.55 Å². The molecule has 0 saturated carbocycles. The zero-order valence-corrected chi connectivity index (χ0v) is 10.8. The van der Waals surface area contributed by atoms with Crippen molar-refractivity contribution in [3.63, 3.8) is 0 Å². The second-order valence-electron chi connectivity index (χ2n) is 3.57. The van der Waals surface area contributed by atoms with E-state index in [1.165, 1.54) is 12.8 Å². The number of halogens is 3. The van der Waals surface area contributed by atoms with Crippen molar-refractivity contribution in [3.05, 3.63) is 18.7 Å². The van der Waals surface area contributed by atoms with Gasteiger partial charge in [-0.1, -0.05) is 13.3 Å². The van der Waals surface area contributed by atoms with Crippen LogP contribution >= 0.6 is 0 Å². The molecule has 0 amide bonds. The standard InChI is InChI=1S/C8H15N2.CHF3O3S.Mg.2H/c1-3-4-5-10-7-6-9(2)8-10;2-1(3,4)8(5,6)7;;;/h6-8H,3-5H2,1-2H3;(H,5,6,7);;;/q+1;;;;/p-1. The molecule has 0 spiro atoms. The highest BCUT2D eigenvalue weighted by Gasteiger charge is 2.36. The predicted octanol–water partition coefficient (Wildman–Crippen LogP) is 0.248. The number of hydrogen-bond donors (Lipinski definition) is 0. The molecule has 10 heteroatoms. The molecule has 0 aromatic carbocycles. The Balaban J connectivity index is 0. The molecule has 110 valence electrons. The molecule has 0 radical (unpaired) electrons. The molecule has 0 fully saturated rings. The minimum Gasteiger partial charge on any atom is -0.741 e. The monoisotopic (exact) mass is 314 g/mol. The zero-order chi connectivity index (χ0) is 14.4. The number of imidazole rings is 1. The number of unbranched alkanes of at least 4 members (excludes halogenated alkanes) is 1. The third kappa shape index (κ3) is 9.24. The van der Waals surface area contributed by atoms with Gasteiger partial charge in [0.1, 0.15) is 12.4 Å². The van der Waals surface area contributed by atoms with Crippen molar-refractivity contribution >= 4 is 33.2 Å². The fourth-order valence-electron chi connectivity index (χ4n) is 0.975. The molecule has 1 rings (SSSR count). The Labute approximate surface area is 126 Å². The topological polar surface area (TPSA) is 66.0 Å². The van der Waals surface area contributed by atoms with Crippen molar-refractivity contribution in [3.8, 4) is 0 Å². The smallest absolute Gasteiger partial charge is 0.485 e. The van der Waals surface area contributed by atoms with Crippen LogP contribution in [0.2, 0.25) is 0 Å². The van der Waals surface area contributed by atoms with Crippen LogP contribution in [0.25, 0.3) is 0 Å². The predicted molar refractivity (Wildman–Crippen MR) is 64.8 cm³/mol. The molecule has 1 aromatic rings. The van der Waals surface area contributed by atoms with E-state index in [0.717, 1.165) is 6.54 Å². The third-order valence-electron chi connectivity index (χ3n) is 1.88. The Bertz CT molecular complexity index is 460. The average Bonchev–Trinajstić information content (AvgIpc) is 2.59. The highest BCUT2D eigenvalue weighted by molar-refractivity contribution is 7.86. The van der Waals surface area contributed by atoms with E-state index in [2.05, 4.69) is 34.8 Å². The summed E-state index contributed by atoms with van der Waals surface area (Å²) in [5, 5.41) is 0. The van der Waals surface area contributed by atoms with Crippen LogP contribution in [0.3, 0.4) is 0 Å². The highest BCUT2D eigenvalue weighted by atomic mass is 32.2. The van der Waals surface area contributed by atoms with Crippen LogP contribution in [0.5, 0.6) is 0 Å². The Kier molecular flexibility index (Phi) is 9.68. The van der Waals surface area contributed by atoms with Crippen LogP contribution < -0.4 is 4.57 Å². The number of nitrogens with zero attached hydrogens (tertiary/aromatic N) is 2. The van der Waals surface area contributed by atoms with E-state index in [1.807, 2.05) is 7.05 Å². The fraction of sp³-hybridized carbons (Fsp3) is 0.667. The van der Waals surface area contributed by atoms with Gasteiger partial charge in [0, 0.05) is 0 Å². The first-order chi connectivity index (χ1) is 8.08. The van der Waals surface area contributed by atoms with E-state index in [-0.39, 0.29) is 23.1 Å².